The fourth-order valence-electron chi connectivity index (χ4n) is 1.73. The Morgan fingerprint density at radius 2 is 2.10 bits per heavy atom. The molecule has 0 fully saturated rings. The van der Waals surface area contributed by atoms with E-state index in [0.29, 0.717) is 17.1 Å². The Kier molecular flexibility index (Phi) is 4.18. The van der Waals surface area contributed by atoms with E-state index in [1.54, 1.807) is 38.2 Å². The van der Waals surface area contributed by atoms with E-state index in [-0.39, 0.29) is 12.5 Å². The monoisotopic (exact) mass is 286 g/mol. The summed E-state index contributed by atoms with van der Waals surface area (Å²) in [5.41, 5.74) is 6.74. The van der Waals surface area contributed by atoms with Gasteiger partial charge in [-0.25, -0.2) is 4.98 Å². The van der Waals surface area contributed by atoms with Crippen LogP contribution in [0.15, 0.2) is 36.7 Å². The molecule has 21 heavy (non-hydrogen) atoms. The normalized spacial score (nSPS) is 11.2. The molecule has 1 aromatic carbocycles. The second-order valence-corrected chi connectivity index (χ2v) is 5.40. The summed E-state index contributed by atoms with van der Waals surface area (Å²) in [6, 6.07) is 7.04. The van der Waals surface area contributed by atoms with Crippen LogP contribution in [0.25, 0.3) is 11.3 Å². The first-order valence-corrected chi connectivity index (χ1v) is 6.52. The molecule has 2 aromatic rings. The topological polar surface area (TPSA) is 101 Å². The fourth-order valence-corrected chi connectivity index (χ4v) is 1.73. The van der Waals surface area contributed by atoms with Crippen LogP contribution >= 0.6 is 0 Å². The molecule has 1 amide bonds. The van der Waals surface area contributed by atoms with E-state index >= 15 is 0 Å². The summed E-state index contributed by atoms with van der Waals surface area (Å²) in [4.78, 5) is 20.3. The van der Waals surface area contributed by atoms with Gasteiger partial charge >= 0.3 is 0 Å². The van der Waals surface area contributed by atoms with Gasteiger partial charge in [-0.05, 0) is 26.0 Å². The van der Waals surface area contributed by atoms with Crippen LogP contribution in [0.1, 0.15) is 24.2 Å². The van der Waals surface area contributed by atoms with Crippen LogP contribution in [-0.2, 0) is 0 Å². The van der Waals surface area contributed by atoms with Gasteiger partial charge in [-0.3, -0.25) is 9.78 Å². The number of benzene rings is 1. The molecule has 0 atom stereocenters. The van der Waals surface area contributed by atoms with E-state index in [1.807, 2.05) is 6.07 Å². The van der Waals surface area contributed by atoms with Gasteiger partial charge in [0.15, 0.2) is 0 Å². The molecule has 1 heterocycles. The highest BCUT2D eigenvalue weighted by Gasteiger charge is 2.20. The van der Waals surface area contributed by atoms with Gasteiger partial charge in [0.25, 0.3) is 5.91 Å². The molecule has 0 bridgehead atoms. The number of nitrogen functional groups attached to an aromatic ring is 1. The molecular formula is C15H18N4O2. The lowest BCUT2D eigenvalue weighted by molar-refractivity contribution is 0.0869. The molecule has 0 unspecified atom stereocenters. The maximum absolute atomic E-state index is 12.2. The van der Waals surface area contributed by atoms with Crippen molar-refractivity contribution in [2.75, 3.05) is 12.3 Å². The average molecular weight is 286 g/mol. The van der Waals surface area contributed by atoms with Gasteiger partial charge < -0.3 is 16.2 Å². The molecule has 6 heteroatoms. The number of nitrogens with zero attached hydrogens (tertiary/aromatic N) is 2. The minimum atomic E-state index is -0.673. The van der Waals surface area contributed by atoms with Crippen LogP contribution < -0.4 is 11.1 Å². The number of nitrogens with one attached hydrogen (secondary N) is 1. The van der Waals surface area contributed by atoms with Crippen molar-refractivity contribution in [1.82, 2.24) is 15.3 Å². The number of hydrogen-bond acceptors (Lipinski definition) is 5. The van der Waals surface area contributed by atoms with Crippen molar-refractivity contribution in [2.24, 2.45) is 0 Å². The van der Waals surface area contributed by atoms with E-state index in [4.69, 9.17) is 5.73 Å². The predicted molar refractivity (Wildman–Crippen MR) is 80.5 cm³/mol. The summed E-state index contributed by atoms with van der Waals surface area (Å²) in [5.74, 6) is 0.0941. The van der Waals surface area contributed by atoms with Gasteiger partial charge in [0, 0.05) is 11.1 Å². The quantitative estimate of drug-likeness (QED) is 0.784. The smallest absolute Gasteiger partial charge is 0.251 e. The molecule has 0 aliphatic rings. The van der Waals surface area contributed by atoms with Crippen LogP contribution in [0.5, 0.6) is 0 Å². The van der Waals surface area contributed by atoms with Crippen LogP contribution in [0.2, 0.25) is 0 Å². The minimum absolute atomic E-state index is 0.137. The van der Waals surface area contributed by atoms with Crippen molar-refractivity contribution < 1.29 is 9.90 Å². The summed E-state index contributed by atoms with van der Waals surface area (Å²) < 4.78 is 0. The Labute approximate surface area is 123 Å². The summed E-state index contributed by atoms with van der Waals surface area (Å²) >= 11 is 0. The number of carbonyl (C=O) groups excluding carboxylic acids is 1. The van der Waals surface area contributed by atoms with Crippen molar-refractivity contribution in [3.8, 4) is 11.3 Å². The molecule has 0 saturated carbocycles. The average Bonchev–Trinajstić information content (AvgIpc) is 2.48. The van der Waals surface area contributed by atoms with E-state index < -0.39 is 5.54 Å². The Morgan fingerprint density at radius 3 is 2.71 bits per heavy atom. The standard InChI is InChI=1S/C15H18N4O2/c1-15(2,9-20)19-14(21)11-5-3-4-10(6-11)12-7-18-13(16)8-17-12/h3-8,20H,9H2,1-2H3,(H2,16,18)(H,19,21). The van der Waals surface area contributed by atoms with Crippen molar-refractivity contribution >= 4 is 11.7 Å². The molecule has 0 aliphatic carbocycles. The van der Waals surface area contributed by atoms with Gasteiger partial charge in [0.1, 0.15) is 5.82 Å². The highest BCUT2D eigenvalue weighted by molar-refractivity contribution is 5.95. The van der Waals surface area contributed by atoms with Crippen molar-refractivity contribution in [2.45, 2.75) is 19.4 Å². The number of aliphatic hydroxyl groups excluding tert-OH is 1. The minimum Gasteiger partial charge on any atom is -0.394 e. The van der Waals surface area contributed by atoms with E-state index in [0.717, 1.165) is 5.56 Å². The largest absolute Gasteiger partial charge is 0.394 e. The summed E-state index contributed by atoms with van der Waals surface area (Å²) in [5, 5.41) is 12.0. The number of aliphatic hydroxyl groups is 1. The lowest BCUT2D eigenvalue weighted by Crippen LogP contribution is -2.46. The molecule has 6 nitrogen and oxygen atoms in total. The Bertz CT molecular complexity index is 638. The zero-order valence-corrected chi connectivity index (χ0v) is 12.0. The SMILES string of the molecule is CC(C)(CO)NC(=O)c1cccc(-c2cnc(N)cn2)c1. The second-order valence-electron chi connectivity index (χ2n) is 5.40. The molecule has 0 spiro atoms. The van der Waals surface area contributed by atoms with E-state index in [2.05, 4.69) is 15.3 Å². The summed E-state index contributed by atoms with van der Waals surface area (Å²) in [6.07, 6.45) is 3.03. The first kappa shape index (κ1) is 14.9. The third kappa shape index (κ3) is 3.76. The molecule has 1 aromatic heterocycles. The zero-order chi connectivity index (χ0) is 15.5. The van der Waals surface area contributed by atoms with Gasteiger partial charge in [0.05, 0.1) is 30.2 Å². The molecular weight excluding hydrogens is 268 g/mol. The second kappa shape index (κ2) is 5.88. The van der Waals surface area contributed by atoms with E-state index in [9.17, 15) is 9.90 Å². The number of rotatable bonds is 4. The van der Waals surface area contributed by atoms with Gasteiger partial charge in [-0.2, -0.15) is 0 Å². The predicted octanol–water partition coefficient (Wildman–Crippen LogP) is 1.23. The lowest BCUT2D eigenvalue weighted by Gasteiger charge is -2.23. The number of nitrogens with two attached hydrogens (primary N) is 1. The van der Waals surface area contributed by atoms with Crippen molar-refractivity contribution in [3.05, 3.63) is 42.2 Å². The number of hydrogen-bond donors (Lipinski definition) is 3. The van der Waals surface area contributed by atoms with Crippen LogP contribution in [0.3, 0.4) is 0 Å². The summed E-state index contributed by atoms with van der Waals surface area (Å²) in [6.45, 7) is 3.36. The Hall–Kier alpha value is -2.47. The third-order valence-electron chi connectivity index (χ3n) is 2.94. The van der Waals surface area contributed by atoms with E-state index in [1.165, 1.54) is 6.20 Å². The molecule has 4 N–H and O–H groups in total. The molecule has 0 saturated heterocycles. The Balaban J connectivity index is 2.25. The summed E-state index contributed by atoms with van der Waals surface area (Å²) in [7, 11) is 0. The highest BCUT2D eigenvalue weighted by atomic mass is 16.3. The van der Waals surface area contributed by atoms with Crippen LogP contribution in [-0.4, -0.2) is 33.1 Å². The first-order valence-electron chi connectivity index (χ1n) is 6.52. The van der Waals surface area contributed by atoms with Crippen LogP contribution in [0.4, 0.5) is 5.82 Å². The first-order chi connectivity index (χ1) is 9.91. The van der Waals surface area contributed by atoms with Gasteiger partial charge in [-0.15, -0.1) is 0 Å². The fraction of sp³-hybridized carbons (Fsp3) is 0.267. The maximum atomic E-state index is 12.2. The van der Waals surface area contributed by atoms with Crippen molar-refractivity contribution in [3.63, 3.8) is 0 Å². The number of carbonyl (C=O) groups is 1. The van der Waals surface area contributed by atoms with Gasteiger partial charge in [0.2, 0.25) is 0 Å². The highest BCUT2D eigenvalue weighted by Crippen LogP contribution is 2.18. The number of amides is 1. The molecule has 2 rings (SSSR count). The van der Waals surface area contributed by atoms with Crippen molar-refractivity contribution in [1.29, 1.82) is 0 Å². The number of anilines is 1. The Morgan fingerprint density at radius 1 is 1.33 bits per heavy atom. The molecule has 0 radical (unpaired) electrons. The van der Waals surface area contributed by atoms with Crippen LogP contribution in [0, 0.1) is 0 Å². The maximum Gasteiger partial charge on any atom is 0.251 e. The van der Waals surface area contributed by atoms with Gasteiger partial charge in [-0.1, -0.05) is 12.1 Å². The molecule has 0 aliphatic heterocycles. The lowest BCUT2D eigenvalue weighted by atomic mass is 10.0. The zero-order valence-electron chi connectivity index (χ0n) is 12.0. The third-order valence-corrected chi connectivity index (χ3v) is 2.94. The number of aromatic nitrogens is 2. The molecule has 110 valence electrons.